The lowest BCUT2D eigenvalue weighted by atomic mass is 10.2. The number of thioether (sulfide) groups is 1. The quantitative estimate of drug-likeness (QED) is 0.471. The predicted octanol–water partition coefficient (Wildman–Crippen LogP) is 3.68. The van der Waals surface area contributed by atoms with Gasteiger partial charge in [-0.25, -0.2) is 9.07 Å². The van der Waals surface area contributed by atoms with E-state index in [1.54, 1.807) is 31.2 Å². The highest BCUT2D eigenvalue weighted by molar-refractivity contribution is 9.10. The Morgan fingerprint density at radius 3 is 2.50 bits per heavy atom. The molecule has 1 unspecified atom stereocenters. The maximum atomic E-state index is 13.0. The molecule has 1 heterocycles. The van der Waals surface area contributed by atoms with Crippen LogP contribution in [0, 0.1) is 5.82 Å². The number of amides is 1. The maximum Gasteiger partial charge on any atom is 0.237 e. The number of hydrogen-bond donors (Lipinski definition) is 2. The Kier molecular flexibility index (Phi) is 5.58. The molecule has 1 amide bonds. The molecule has 0 aliphatic rings. The Bertz CT molecular complexity index is 914. The molecule has 134 valence electrons. The molecule has 3 aromatic rings. The zero-order valence-corrected chi connectivity index (χ0v) is 16.1. The summed E-state index contributed by atoms with van der Waals surface area (Å²) in [4.78, 5) is 12.3. The minimum Gasteiger partial charge on any atom is -0.335 e. The highest BCUT2D eigenvalue weighted by atomic mass is 79.9. The van der Waals surface area contributed by atoms with Crippen LogP contribution in [-0.2, 0) is 4.79 Å². The minimum atomic E-state index is -0.439. The summed E-state index contributed by atoms with van der Waals surface area (Å²) in [5.41, 5.74) is 1.34. The van der Waals surface area contributed by atoms with Crippen molar-refractivity contribution in [2.24, 2.45) is 0 Å². The highest BCUT2D eigenvalue weighted by Crippen LogP contribution is 2.25. The van der Waals surface area contributed by atoms with Crippen LogP contribution >= 0.6 is 27.7 Å². The largest absolute Gasteiger partial charge is 0.335 e. The van der Waals surface area contributed by atoms with Crippen LogP contribution < -0.4 is 11.2 Å². The van der Waals surface area contributed by atoms with Crippen molar-refractivity contribution in [1.29, 1.82) is 0 Å². The summed E-state index contributed by atoms with van der Waals surface area (Å²) in [7, 11) is 0. The molecule has 9 heteroatoms. The van der Waals surface area contributed by atoms with Crippen molar-refractivity contribution in [3.05, 3.63) is 58.8 Å². The van der Waals surface area contributed by atoms with Crippen molar-refractivity contribution in [3.8, 4) is 11.4 Å². The van der Waals surface area contributed by atoms with Crippen LogP contribution in [0.1, 0.15) is 6.92 Å². The normalized spacial score (nSPS) is 12.0. The number of rotatable bonds is 5. The lowest BCUT2D eigenvalue weighted by Crippen LogP contribution is -2.23. The van der Waals surface area contributed by atoms with Crippen molar-refractivity contribution in [1.82, 2.24) is 14.9 Å². The molecular formula is C17H15BrFN5OS. The number of anilines is 1. The fourth-order valence-corrected chi connectivity index (χ4v) is 3.18. The average Bonchev–Trinajstić information content (AvgIpc) is 2.98. The molecular weight excluding hydrogens is 421 g/mol. The van der Waals surface area contributed by atoms with Crippen molar-refractivity contribution in [2.45, 2.75) is 17.3 Å². The first-order valence-corrected chi connectivity index (χ1v) is 9.31. The van der Waals surface area contributed by atoms with Gasteiger partial charge in [0.25, 0.3) is 0 Å². The summed E-state index contributed by atoms with van der Waals surface area (Å²) in [5.74, 6) is 5.91. The topological polar surface area (TPSA) is 85.8 Å². The number of carbonyl (C=O) groups excluding carboxylic acids is 1. The van der Waals surface area contributed by atoms with E-state index in [1.165, 1.54) is 28.6 Å². The number of benzene rings is 2. The molecule has 0 radical (unpaired) electrons. The van der Waals surface area contributed by atoms with E-state index < -0.39 is 5.25 Å². The van der Waals surface area contributed by atoms with Crippen LogP contribution in [0.15, 0.2) is 58.2 Å². The minimum absolute atomic E-state index is 0.177. The Hall–Kier alpha value is -2.39. The summed E-state index contributed by atoms with van der Waals surface area (Å²) in [6, 6.07) is 13.1. The first kappa shape index (κ1) is 18.4. The van der Waals surface area contributed by atoms with Crippen molar-refractivity contribution in [3.63, 3.8) is 0 Å². The fraction of sp³-hybridized carbons (Fsp3) is 0.118. The summed E-state index contributed by atoms with van der Waals surface area (Å²) in [5, 5.41) is 10.8. The van der Waals surface area contributed by atoms with Gasteiger partial charge in [-0.15, -0.1) is 10.2 Å². The summed E-state index contributed by atoms with van der Waals surface area (Å²) in [6.07, 6.45) is 0. The van der Waals surface area contributed by atoms with Gasteiger partial charge in [0.05, 0.1) is 5.25 Å². The van der Waals surface area contributed by atoms with Crippen LogP contribution in [0.5, 0.6) is 0 Å². The molecule has 0 fully saturated rings. The Morgan fingerprint density at radius 2 is 1.85 bits per heavy atom. The lowest BCUT2D eigenvalue weighted by molar-refractivity contribution is -0.115. The van der Waals surface area contributed by atoms with Gasteiger partial charge in [-0.1, -0.05) is 27.7 Å². The number of nitrogens with two attached hydrogens (primary N) is 1. The number of nitrogens with zero attached hydrogens (tertiary/aromatic N) is 3. The molecule has 2 aromatic carbocycles. The van der Waals surface area contributed by atoms with E-state index in [0.717, 1.165) is 4.47 Å². The van der Waals surface area contributed by atoms with Crippen LogP contribution in [-0.4, -0.2) is 26.0 Å². The standard InChI is InChI=1S/C17H15BrFN5OS/c1-10(16(25)21-14-8-4-12(18)5-9-14)26-17-23-22-15(24(17)20)11-2-6-13(19)7-3-11/h2-10H,20H2,1H3,(H,21,25). The van der Waals surface area contributed by atoms with Gasteiger partial charge in [-0.3, -0.25) is 4.79 Å². The van der Waals surface area contributed by atoms with E-state index in [9.17, 15) is 9.18 Å². The molecule has 0 aliphatic heterocycles. The van der Waals surface area contributed by atoms with E-state index in [4.69, 9.17) is 5.84 Å². The smallest absolute Gasteiger partial charge is 0.237 e. The Balaban J connectivity index is 1.69. The number of carbonyl (C=O) groups is 1. The molecule has 0 aliphatic carbocycles. The summed E-state index contributed by atoms with van der Waals surface area (Å²) >= 11 is 4.54. The Morgan fingerprint density at radius 1 is 1.19 bits per heavy atom. The lowest BCUT2D eigenvalue weighted by Gasteiger charge is -2.11. The van der Waals surface area contributed by atoms with Crippen LogP contribution in [0.2, 0.25) is 0 Å². The molecule has 0 saturated heterocycles. The van der Waals surface area contributed by atoms with Crippen LogP contribution in [0.4, 0.5) is 10.1 Å². The zero-order valence-electron chi connectivity index (χ0n) is 13.7. The molecule has 1 atom stereocenters. The van der Waals surface area contributed by atoms with E-state index >= 15 is 0 Å². The van der Waals surface area contributed by atoms with Crippen LogP contribution in [0.3, 0.4) is 0 Å². The second kappa shape index (κ2) is 7.88. The molecule has 26 heavy (non-hydrogen) atoms. The number of halogens is 2. The third-order valence-electron chi connectivity index (χ3n) is 3.53. The maximum absolute atomic E-state index is 13.0. The van der Waals surface area contributed by atoms with Gasteiger partial charge in [0.1, 0.15) is 5.82 Å². The van der Waals surface area contributed by atoms with Crippen molar-refractivity contribution < 1.29 is 9.18 Å². The average molecular weight is 436 g/mol. The van der Waals surface area contributed by atoms with E-state index in [0.29, 0.717) is 22.2 Å². The molecule has 0 saturated carbocycles. The molecule has 3 rings (SSSR count). The third kappa shape index (κ3) is 4.23. The van der Waals surface area contributed by atoms with Gasteiger partial charge >= 0.3 is 0 Å². The van der Waals surface area contributed by atoms with Gasteiger partial charge in [0.2, 0.25) is 11.1 Å². The monoisotopic (exact) mass is 435 g/mol. The zero-order chi connectivity index (χ0) is 18.7. The molecule has 0 bridgehead atoms. The van der Waals surface area contributed by atoms with Gasteiger partial charge in [0, 0.05) is 15.7 Å². The van der Waals surface area contributed by atoms with E-state index in [2.05, 4.69) is 31.4 Å². The summed E-state index contributed by atoms with van der Waals surface area (Å²) < 4.78 is 15.3. The predicted molar refractivity (Wildman–Crippen MR) is 104 cm³/mol. The van der Waals surface area contributed by atoms with Crippen molar-refractivity contribution >= 4 is 39.3 Å². The number of aromatic nitrogens is 3. The second-order valence-corrected chi connectivity index (χ2v) is 7.66. The fourth-order valence-electron chi connectivity index (χ4n) is 2.14. The number of nitrogens with one attached hydrogen (secondary N) is 1. The molecule has 0 spiro atoms. The molecule has 1 aromatic heterocycles. The number of nitrogen functional groups attached to an aromatic ring is 1. The van der Waals surface area contributed by atoms with Gasteiger partial charge in [0.15, 0.2) is 5.82 Å². The first-order valence-electron chi connectivity index (χ1n) is 7.63. The van der Waals surface area contributed by atoms with Gasteiger partial charge in [-0.05, 0) is 55.5 Å². The first-order chi connectivity index (χ1) is 12.4. The molecule has 6 nitrogen and oxygen atoms in total. The number of hydrogen-bond acceptors (Lipinski definition) is 5. The van der Waals surface area contributed by atoms with Gasteiger partial charge in [-0.2, -0.15) is 0 Å². The van der Waals surface area contributed by atoms with Crippen molar-refractivity contribution in [2.75, 3.05) is 11.2 Å². The third-order valence-corrected chi connectivity index (χ3v) is 5.12. The van der Waals surface area contributed by atoms with Gasteiger partial charge < -0.3 is 11.2 Å². The molecule has 3 N–H and O–H groups in total. The SMILES string of the molecule is CC(Sc1nnc(-c2ccc(F)cc2)n1N)C(=O)Nc1ccc(Br)cc1. The van der Waals surface area contributed by atoms with E-state index in [-0.39, 0.29) is 11.7 Å². The second-order valence-electron chi connectivity index (χ2n) is 5.44. The Labute approximate surface area is 162 Å². The highest BCUT2D eigenvalue weighted by Gasteiger charge is 2.20. The van der Waals surface area contributed by atoms with E-state index in [1.807, 2.05) is 12.1 Å². The summed E-state index contributed by atoms with van der Waals surface area (Å²) in [6.45, 7) is 1.76. The van der Waals surface area contributed by atoms with Crippen LogP contribution in [0.25, 0.3) is 11.4 Å².